The van der Waals surface area contributed by atoms with Gasteiger partial charge in [-0.15, -0.1) is 0 Å². The van der Waals surface area contributed by atoms with E-state index < -0.39 is 5.60 Å². The Hall–Kier alpha value is -1.42. The quantitative estimate of drug-likeness (QED) is 0.826. The molecule has 0 aromatic heterocycles. The van der Waals surface area contributed by atoms with Gasteiger partial charge >= 0.3 is 0 Å². The van der Waals surface area contributed by atoms with Crippen molar-refractivity contribution in [2.24, 2.45) is 0 Å². The summed E-state index contributed by atoms with van der Waals surface area (Å²) in [6.45, 7) is 3.84. The van der Waals surface area contributed by atoms with Crippen LogP contribution in [0, 0.1) is 5.82 Å². The van der Waals surface area contributed by atoms with Gasteiger partial charge in [0.1, 0.15) is 5.82 Å². The number of amides is 1. The van der Waals surface area contributed by atoms with E-state index in [4.69, 9.17) is 0 Å². The third-order valence-corrected chi connectivity index (χ3v) is 2.52. The summed E-state index contributed by atoms with van der Waals surface area (Å²) in [5.74, 6) is -0.680. The molecule has 1 aromatic carbocycles. The van der Waals surface area contributed by atoms with E-state index in [0.717, 1.165) is 6.42 Å². The molecule has 0 aliphatic carbocycles. The highest BCUT2D eigenvalue weighted by molar-refractivity contribution is 5.94. The first-order chi connectivity index (χ1) is 7.94. The molecule has 1 rings (SSSR count). The molecule has 0 spiro atoms. The minimum atomic E-state index is -0.898. The summed E-state index contributed by atoms with van der Waals surface area (Å²) in [6, 6.07) is 5.30. The number of carbonyl (C=O) groups is 1. The summed E-state index contributed by atoms with van der Waals surface area (Å²) >= 11 is 0. The van der Waals surface area contributed by atoms with Crippen molar-refractivity contribution in [3.05, 3.63) is 35.6 Å². The predicted molar refractivity (Wildman–Crippen MR) is 64.3 cm³/mol. The van der Waals surface area contributed by atoms with Gasteiger partial charge in [-0.2, -0.15) is 0 Å². The number of hydrogen-bond acceptors (Lipinski definition) is 2. The molecule has 1 aromatic rings. The normalized spacial score (nSPS) is 14.1. The van der Waals surface area contributed by atoms with Crippen molar-refractivity contribution in [2.75, 3.05) is 6.54 Å². The topological polar surface area (TPSA) is 49.3 Å². The zero-order valence-electron chi connectivity index (χ0n) is 10.2. The second kappa shape index (κ2) is 5.77. The van der Waals surface area contributed by atoms with E-state index in [0.29, 0.717) is 12.0 Å². The Balaban J connectivity index is 2.53. The molecular weight excluding hydrogens is 221 g/mol. The van der Waals surface area contributed by atoms with Gasteiger partial charge < -0.3 is 10.4 Å². The van der Waals surface area contributed by atoms with Crippen LogP contribution in [0.2, 0.25) is 0 Å². The lowest BCUT2D eigenvalue weighted by atomic mass is 10.0. The first-order valence-electron chi connectivity index (χ1n) is 5.71. The van der Waals surface area contributed by atoms with Gasteiger partial charge in [0.25, 0.3) is 5.91 Å². The van der Waals surface area contributed by atoms with Crippen LogP contribution in [0.1, 0.15) is 37.0 Å². The average molecular weight is 239 g/mol. The van der Waals surface area contributed by atoms with E-state index in [9.17, 15) is 14.3 Å². The zero-order chi connectivity index (χ0) is 12.9. The van der Waals surface area contributed by atoms with Crippen molar-refractivity contribution < 1.29 is 14.3 Å². The van der Waals surface area contributed by atoms with E-state index in [1.165, 1.54) is 24.3 Å². The Morgan fingerprint density at radius 2 is 2.00 bits per heavy atom. The minimum Gasteiger partial charge on any atom is -0.388 e. The predicted octanol–water partition coefficient (Wildman–Crippen LogP) is 2.11. The number of rotatable bonds is 5. The molecule has 2 N–H and O–H groups in total. The van der Waals surface area contributed by atoms with Gasteiger partial charge in [0.2, 0.25) is 0 Å². The van der Waals surface area contributed by atoms with Crippen LogP contribution in [0.5, 0.6) is 0 Å². The van der Waals surface area contributed by atoms with Crippen molar-refractivity contribution >= 4 is 5.91 Å². The van der Waals surface area contributed by atoms with E-state index in [2.05, 4.69) is 5.32 Å². The number of carbonyl (C=O) groups excluding carboxylic acids is 1. The fourth-order valence-corrected chi connectivity index (χ4v) is 1.60. The molecular formula is C13H18FNO2. The SMILES string of the molecule is CCCC(C)(O)CNC(=O)c1ccc(F)cc1. The van der Waals surface area contributed by atoms with Crippen LogP contribution >= 0.6 is 0 Å². The zero-order valence-corrected chi connectivity index (χ0v) is 10.2. The van der Waals surface area contributed by atoms with Gasteiger partial charge in [-0.05, 0) is 37.6 Å². The Morgan fingerprint density at radius 3 is 2.53 bits per heavy atom. The smallest absolute Gasteiger partial charge is 0.251 e. The maximum Gasteiger partial charge on any atom is 0.251 e. The fourth-order valence-electron chi connectivity index (χ4n) is 1.60. The Kier molecular flexibility index (Phi) is 4.63. The molecule has 0 bridgehead atoms. The maximum atomic E-state index is 12.7. The first-order valence-corrected chi connectivity index (χ1v) is 5.71. The van der Waals surface area contributed by atoms with Crippen molar-refractivity contribution in [1.82, 2.24) is 5.32 Å². The molecule has 4 heteroatoms. The summed E-state index contributed by atoms with van der Waals surface area (Å²) in [5.41, 5.74) is -0.511. The van der Waals surface area contributed by atoms with Crippen molar-refractivity contribution in [3.63, 3.8) is 0 Å². The highest BCUT2D eigenvalue weighted by atomic mass is 19.1. The van der Waals surface area contributed by atoms with Gasteiger partial charge in [-0.1, -0.05) is 13.3 Å². The number of halogens is 1. The molecule has 0 saturated carbocycles. The van der Waals surface area contributed by atoms with Crippen molar-refractivity contribution in [1.29, 1.82) is 0 Å². The second-order valence-corrected chi connectivity index (χ2v) is 4.44. The van der Waals surface area contributed by atoms with E-state index in [1.807, 2.05) is 6.92 Å². The van der Waals surface area contributed by atoms with Gasteiger partial charge in [0, 0.05) is 12.1 Å². The highest BCUT2D eigenvalue weighted by Crippen LogP contribution is 2.10. The van der Waals surface area contributed by atoms with Gasteiger partial charge in [-0.3, -0.25) is 4.79 Å². The van der Waals surface area contributed by atoms with Crippen LogP contribution in [0.15, 0.2) is 24.3 Å². The average Bonchev–Trinajstić information content (AvgIpc) is 2.27. The summed E-state index contributed by atoms with van der Waals surface area (Å²) in [7, 11) is 0. The summed E-state index contributed by atoms with van der Waals surface area (Å²) < 4.78 is 12.7. The minimum absolute atomic E-state index is 0.192. The van der Waals surface area contributed by atoms with Crippen LogP contribution in [0.25, 0.3) is 0 Å². The molecule has 0 aliphatic rings. The monoisotopic (exact) mass is 239 g/mol. The number of aliphatic hydroxyl groups is 1. The molecule has 1 amide bonds. The number of benzene rings is 1. The molecule has 0 heterocycles. The van der Waals surface area contributed by atoms with Gasteiger partial charge in [0.05, 0.1) is 5.60 Å². The third kappa shape index (κ3) is 4.53. The van der Waals surface area contributed by atoms with Crippen molar-refractivity contribution in [3.8, 4) is 0 Å². The Labute approximate surface area is 101 Å². The van der Waals surface area contributed by atoms with Gasteiger partial charge in [-0.25, -0.2) is 4.39 Å². The third-order valence-electron chi connectivity index (χ3n) is 2.52. The van der Waals surface area contributed by atoms with E-state index in [1.54, 1.807) is 6.92 Å². The second-order valence-electron chi connectivity index (χ2n) is 4.44. The molecule has 0 aliphatic heterocycles. The Bertz CT molecular complexity index is 374. The molecule has 94 valence electrons. The van der Waals surface area contributed by atoms with Crippen LogP contribution in [0.3, 0.4) is 0 Å². The largest absolute Gasteiger partial charge is 0.388 e. The standard InChI is InChI=1S/C13H18FNO2/c1-3-8-13(2,17)9-15-12(16)10-4-6-11(14)7-5-10/h4-7,17H,3,8-9H2,1-2H3,(H,15,16). The molecule has 3 nitrogen and oxygen atoms in total. The number of nitrogens with one attached hydrogen (secondary N) is 1. The van der Waals surface area contributed by atoms with Crippen LogP contribution in [-0.2, 0) is 0 Å². The van der Waals surface area contributed by atoms with E-state index in [-0.39, 0.29) is 18.3 Å². The molecule has 17 heavy (non-hydrogen) atoms. The summed E-state index contributed by atoms with van der Waals surface area (Å²) in [5, 5.41) is 12.5. The van der Waals surface area contributed by atoms with Crippen LogP contribution in [0.4, 0.5) is 4.39 Å². The molecule has 0 saturated heterocycles. The fraction of sp³-hybridized carbons (Fsp3) is 0.462. The maximum absolute atomic E-state index is 12.7. The summed E-state index contributed by atoms with van der Waals surface area (Å²) in [6.07, 6.45) is 1.47. The van der Waals surface area contributed by atoms with Crippen LogP contribution in [-0.4, -0.2) is 23.2 Å². The molecule has 0 fully saturated rings. The van der Waals surface area contributed by atoms with Crippen molar-refractivity contribution in [2.45, 2.75) is 32.3 Å². The number of hydrogen-bond donors (Lipinski definition) is 2. The lowest BCUT2D eigenvalue weighted by Gasteiger charge is -2.22. The van der Waals surface area contributed by atoms with Gasteiger partial charge in [0.15, 0.2) is 0 Å². The summed E-state index contributed by atoms with van der Waals surface area (Å²) in [4.78, 5) is 11.7. The Morgan fingerprint density at radius 1 is 1.41 bits per heavy atom. The lowest BCUT2D eigenvalue weighted by Crippen LogP contribution is -2.40. The molecule has 1 unspecified atom stereocenters. The van der Waals surface area contributed by atoms with Crippen LogP contribution < -0.4 is 5.32 Å². The molecule has 0 radical (unpaired) electrons. The first kappa shape index (κ1) is 13.6. The van der Waals surface area contributed by atoms with E-state index >= 15 is 0 Å². The lowest BCUT2D eigenvalue weighted by molar-refractivity contribution is 0.0469. The molecule has 1 atom stereocenters. The highest BCUT2D eigenvalue weighted by Gasteiger charge is 2.20.